The van der Waals surface area contributed by atoms with Crippen molar-refractivity contribution < 1.29 is 9.18 Å². The van der Waals surface area contributed by atoms with Crippen molar-refractivity contribution in [1.29, 1.82) is 0 Å². The van der Waals surface area contributed by atoms with E-state index < -0.39 is 0 Å². The number of thiazole rings is 1. The van der Waals surface area contributed by atoms with E-state index in [0.29, 0.717) is 13.1 Å². The number of nitrogens with one attached hydrogen (secondary N) is 1. The molecule has 1 amide bonds. The van der Waals surface area contributed by atoms with Gasteiger partial charge in [0.15, 0.2) is 5.13 Å². The maximum atomic E-state index is 13.4. The second kappa shape index (κ2) is 8.05. The van der Waals surface area contributed by atoms with Crippen molar-refractivity contribution in [3.05, 3.63) is 59.9 Å². The summed E-state index contributed by atoms with van der Waals surface area (Å²) in [6, 6.07) is 14.8. The van der Waals surface area contributed by atoms with Crippen LogP contribution in [0.4, 0.5) is 9.52 Å². The lowest BCUT2D eigenvalue weighted by atomic mass is 9.97. The van der Waals surface area contributed by atoms with E-state index in [1.165, 1.54) is 29.0 Å². The summed E-state index contributed by atoms with van der Waals surface area (Å²) in [6.45, 7) is 2.20. The van der Waals surface area contributed by atoms with Gasteiger partial charge in [-0.05, 0) is 43.0 Å². The molecule has 1 unspecified atom stereocenters. The van der Waals surface area contributed by atoms with Crippen LogP contribution < -0.4 is 10.2 Å². The van der Waals surface area contributed by atoms with E-state index in [-0.39, 0.29) is 17.6 Å². The number of amides is 1. The Balaban J connectivity index is 1.36. The van der Waals surface area contributed by atoms with Crippen LogP contribution in [-0.4, -0.2) is 30.5 Å². The smallest absolute Gasteiger partial charge is 0.224 e. The van der Waals surface area contributed by atoms with Crippen LogP contribution in [0, 0.1) is 11.7 Å². The van der Waals surface area contributed by atoms with Gasteiger partial charge in [-0.2, -0.15) is 0 Å². The number of carbonyl (C=O) groups is 1. The van der Waals surface area contributed by atoms with Crippen molar-refractivity contribution in [3.63, 3.8) is 0 Å². The number of rotatable bonds is 5. The average Bonchev–Trinajstić information content (AvgIpc) is 3.12. The summed E-state index contributed by atoms with van der Waals surface area (Å²) in [5.41, 5.74) is 2.04. The minimum atomic E-state index is -0.244. The van der Waals surface area contributed by atoms with Crippen LogP contribution in [0.25, 0.3) is 10.2 Å². The molecule has 0 spiro atoms. The fourth-order valence-electron chi connectivity index (χ4n) is 3.51. The quantitative estimate of drug-likeness (QED) is 0.724. The Morgan fingerprint density at radius 2 is 2.11 bits per heavy atom. The third-order valence-corrected chi connectivity index (χ3v) is 6.04. The predicted octanol–water partition coefficient (Wildman–Crippen LogP) is 4.01. The molecule has 1 N–H and O–H groups in total. The first-order chi connectivity index (χ1) is 13.2. The fourth-order valence-corrected chi connectivity index (χ4v) is 4.53. The van der Waals surface area contributed by atoms with Crippen molar-refractivity contribution >= 4 is 32.6 Å². The third kappa shape index (κ3) is 4.27. The number of piperidine rings is 1. The summed E-state index contributed by atoms with van der Waals surface area (Å²) in [6.07, 6.45) is 2.70. The number of nitrogens with zero attached hydrogens (tertiary/aromatic N) is 2. The first-order valence-electron chi connectivity index (χ1n) is 9.32. The normalized spacial score (nSPS) is 17.2. The van der Waals surface area contributed by atoms with Gasteiger partial charge in [-0.25, -0.2) is 9.37 Å². The van der Waals surface area contributed by atoms with Crippen molar-refractivity contribution in [3.8, 4) is 0 Å². The summed E-state index contributed by atoms with van der Waals surface area (Å²) in [5, 5.41) is 3.95. The molecule has 0 radical (unpaired) electrons. The van der Waals surface area contributed by atoms with Crippen LogP contribution in [0.2, 0.25) is 0 Å². The van der Waals surface area contributed by atoms with Crippen LogP contribution in [0.5, 0.6) is 0 Å². The molecule has 1 saturated heterocycles. The fraction of sp³-hybridized carbons (Fsp3) is 0.333. The minimum absolute atomic E-state index is 0.0294. The van der Waals surface area contributed by atoms with Gasteiger partial charge >= 0.3 is 0 Å². The zero-order chi connectivity index (χ0) is 18.6. The molecule has 0 bridgehead atoms. The highest BCUT2D eigenvalue weighted by atomic mass is 32.1. The number of aromatic nitrogens is 1. The van der Waals surface area contributed by atoms with Crippen molar-refractivity contribution in [2.45, 2.75) is 19.3 Å². The number of benzene rings is 2. The van der Waals surface area contributed by atoms with Crippen molar-refractivity contribution in [1.82, 2.24) is 10.3 Å². The van der Waals surface area contributed by atoms with E-state index >= 15 is 0 Å². The SMILES string of the molecule is O=C(NCCc1ccccc1)C1CCCN(c2nc3ccc(F)cc3s2)C1. The number of fused-ring (bicyclic) bond motifs is 1. The lowest BCUT2D eigenvalue weighted by molar-refractivity contribution is -0.125. The molecule has 3 aromatic rings. The molecule has 1 aromatic heterocycles. The zero-order valence-corrected chi connectivity index (χ0v) is 15.8. The average molecular weight is 383 g/mol. The molecule has 1 atom stereocenters. The molecule has 140 valence electrons. The number of hydrogen-bond acceptors (Lipinski definition) is 4. The molecule has 2 aromatic carbocycles. The van der Waals surface area contributed by atoms with E-state index in [1.807, 2.05) is 18.2 Å². The van der Waals surface area contributed by atoms with Crippen LogP contribution in [0.15, 0.2) is 48.5 Å². The van der Waals surface area contributed by atoms with E-state index in [4.69, 9.17) is 0 Å². The number of anilines is 1. The molecule has 2 heterocycles. The predicted molar refractivity (Wildman–Crippen MR) is 108 cm³/mol. The summed E-state index contributed by atoms with van der Waals surface area (Å²) < 4.78 is 14.3. The molecule has 1 aliphatic heterocycles. The van der Waals surface area contributed by atoms with Crippen LogP contribution in [-0.2, 0) is 11.2 Å². The lowest BCUT2D eigenvalue weighted by Crippen LogP contribution is -2.43. The topological polar surface area (TPSA) is 45.2 Å². The molecule has 6 heteroatoms. The molecular weight excluding hydrogens is 361 g/mol. The molecule has 4 rings (SSSR count). The highest BCUT2D eigenvalue weighted by Crippen LogP contribution is 2.32. The van der Waals surface area contributed by atoms with E-state index in [0.717, 1.165) is 41.2 Å². The van der Waals surface area contributed by atoms with Gasteiger partial charge in [-0.3, -0.25) is 4.79 Å². The highest BCUT2D eigenvalue weighted by Gasteiger charge is 2.27. The Hall–Kier alpha value is -2.47. The number of carbonyl (C=O) groups excluding carboxylic acids is 1. The zero-order valence-electron chi connectivity index (χ0n) is 15.0. The van der Waals surface area contributed by atoms with E-state index in [1.54, 1.807) is 6.07 Å². The monoisotopic (exact) mass is 383 g/mol. The molecule has 1 fully saturated rings. The van der Waals surface area contributed by atoms with Crippen LogP contribution in [0.3, 0.4) is 0 Å². The van der Waals surface area contributed by atoms with Gasteiger partial charge in [0.05, 0.1) is 16.1 Å². The minimum Gasteiger partial charge on any atom is -0.355 e. The van der Waals surface area contributed by atoms with Gasteiger partial charge in [-0.15, -0.1) is 0 Å². The van der Waals surface area contributed by atoms with Crippen molar-refractivity contribution in [2.24, 2.45) is 5.92 Å². The summed E-state index contributed by atoms with van der Waals surface area (Å²) in [7, 11) is 0. The largest absolute Gasteiger partial charge is 0.355 e. The van der Waals surface area contributed by atoms with Gasteiger partial charge < -0.3 is 10.2 Å². The molecule has 27 heavy (non-hydrogen) atoms. The summed E-state index contributed by atoms with van der Waals surface area (Å²) >= 11 is 1.49. The number of halogens is 1. The molecule has 1 aliphatic rings. The van der Waals surface area contributed by atoms with E-state index in [9.17, 15) is 9.18 Å². The van der Waals surface area contributed by atoms with Gasteiger partial charge in [0.25, 0.3) is 0 Å². The van der Waals surface area contributed by atoms with Crippen LogP contribution in [0.1, 0.15) is 18.4 Å². The maximum Gasteiger partial charge on any atom is 0.224 e. The first kappa shape index (κ1) is 17.9. The van der Waals surface area contributed by atoms with Gasteiger partial charge in [0.1, 0.15) is 5.82 Å². The van der Waals surface area contributed by atoms with E-state index in [2.05, 4.69) is 27.3 Å². The van der Waals surface area contributed by atoms with Crippen LogP contribution >= 0.6 is 11.3 Å². The molecule has 0 aliphatic carbocycles. The Kier molecular flexibility index (Phi) is 5.34. The second-order valence-electron chi connectivity index (χ2n) is 6.92. The summed E-state index contributed by atoms with van der Waals surface area (Å²) in [4.78, 5) is 19.4. The van der Waals surface area contributed by atoms with Gasteiger partial charge in [0.2, 0.25) is 5.91 Å². The molecule has 0 saturated carbocycles. The Labute approximate surface area is 162 Å². The third-order valence-electron chi connectivity index (χ3n) is 4.96. The van der Waals surface area contributed by atoms with Gasteiger partial charge in [0, 0.05) is 19.6 Å². The van der Waals surface area contributed by atoms with Gasteiger partial charge in [-0.1, -0.05) is 41.7 Å². The Bertz CT molecular complexity index is 928. The van der Waals surface area contributed by atoms with Crippen molar-refractivity contribution in [2.75, 3.05) is 24.5 Å². The lowest BCUT2D eigenvalue weighted by Gasteiger charge is -2.31. The molecular formula is C21H22FN3OS. The standard InChI is InChI=1S/C21H22FN3OS/c22-17-8-9-18-19(13-17)27-21(24-18)25-12-4-7-16(14-25)20(26)23-11-10-15-5-2-1-3-6-15/h1-3,5-6,8-9,13,16H,4,7,10-12,14H2,(H,23,26). The first-order valence-corrected chi connectivity index (χ1v) is 10.1. The summed E-state index contributed by atoms with van der Waals surface area (Å²) in [5.74, 6) is -0.159. The molecule has 4 nitrogen and oxygen atoms in total. The maximum absolute atomic E-state index is 13.4. The number of hydrogen-bond donors (Lipinski definition) is 1. The Morgan fingerprint density at radius 3 is 2.96 bits per heavy atom. The Morgan fingerprint density at radius 1 is 1.26 bits per heavy atom. The second-order valence-corrected chi connectivity index (χ2v) is 7.93. The highest BCUT2D eigenvalue weighted by molar-refractivity contribution is 7.22.